The van der Waals surface area contributed by atoms with Crippen molar-refractivity contribution in [3.63, 3.8) is 0 Å². The Labute approximate surface area is 95.7 Å². The SMILES string of the molecule is CC(=O)C(C)=CCS(=O)(=O)c1ccccc1. The zero-order valence-electron chi connectivity index (χ0n) is 9.30. The van der Waals surface area contributed by atoms with Crippen LogP contribution in [0.4, 0.5) is 0 Å². The van der Waals surface area contributed by atoms with Crippen molar-refractivity contribution >= 4 is 15.6 Å². The molecular formula is C12H14O3S. The molecule has 16 heavy (non-hydrogen) atoms. The van der Waals surface area contributed by atoms with Gasteiger partial charge in [0.05, 0.1) is 10.6 Å². The lowest BCUT2D eigenvalue weighted by molar-refractivity contribution is -0.113. The fourth-order valence-electron chi connectivity index (χ4n) is 1.10. The minimum atomic E-state index is -3.32. The third kappa shape index (κ3) is 3.31. The Balaban J connectivity index is 2.90. The monoisotopic (exact) mass is 238 g/mol. The molecule has 0 aromatic heterocycles. The lowest BCUT2D eigenvalue weighted by Gasteiger charge is -2.01. The van der Waals surface area contributed by atoms with Crippen LogP contribution in [0.3, 0.4) is 0 Å². The summed E-state index contributed by atoms with van der Waals surface area (Å²) in [5, 5.41) is 0. The molecule has 1 rings (SSSR count). The van der Waals surface area contributed by atoms with Gasteiger partial charge in [0.15, 0.2) is 15.6 Å². The number of sulfone groups is 1. The van der Waals surface area contributed by atoms with E-state index < -0.39 is 9.84 Å². The van der Waals surface area contributed by atoms with Gasteiger partial charge in [0.1, 0.15) is 0 Å². The zero-order valence-corrected chi connectivity index (χ0v) is 10.1. The highest BCUT2D eigenvalue weighted by atomic mass is 32.2. The quantitative estimate of drug-likeness (QED) is 0.754. The second kappa shape index (κ2) is 5.07. The van der Waals surface area contributed by atoms with Crippen LogP contribution in [0, 0.1) is 0 Å². The Morgan fingerprint density at radius 1 is 1.19 bits per heavy atom. The van der Waals surface area contributed by atoms with Crippen LogP contribution in [-0.2, 0) is 14.6 Å². The van der Waals surface area contributed by atoms with Crippen LogP contribution < -0.4 is 0 Å². The number of Topliss-reactive ketones (excluding diaryl/α,β-unsaturated/α-hetero) is 1. The van der Waals surface area contributed by atoms with Gasteiger partial charge < -0.3 is 0 Å². The fourth-order valence-corrected chi connectivity index (χ4v) is 2.34. The molecule has 0 aliphatic carbocycles. The first kappa shape index (κ1) is 12.6. The average Bonchev–Trinajstić information content (AvgIpc) is 2.27. The number of rotatable bonds is 4. The van der Waals surface area contributed by atoms with E-state index >= 15 is 0 Å². The van der Waals surface area contributed by atoms with E-state index in [0.29, 0.717) is 5.57 Å². The Hall–Kier alpha value is -1.42. The maximum absolute atomic E-state index is 11.8. The van der Waals surface area contributed by atoms with Crippen LogP contribution in [0.25, 0.3) is 0 Å². The Morgan fingerprint density at radius 3 is 2.25 bits per heavy atom. The highest BCUT2D eigenvalue weighted by Crippen LogP contribution is 2.11. The largest absolute Gasteiger partial charge is 0.295 e. The molecule has 4 heteroatoms. The fraction of sp³-hybridized carbons (Fsp3) is 0.250. The standard InChI is InChI=1S/C12H14O3S/c1-10(11(2)13)8-9-16(14,15)12-6-4-3-5-7-12/h3-8H,9H2,1-2H3. The molecule has 0 N–H and O–H groups in total. The number of carbonyl (C=O) groups is 1. The molecule has 0 bridgehead atoms. The lowest BCUT2D eigenvalue weighted by atomic mass is 10.2. The number of benzene rings is 1. The van der Waals surface area contributed by atoms with Crippen LogP contribution >= 0.6 is 0 Å². The summed E-state index contributed by atoms with van der Waals surface area (Å²) in [7, 11) is -3.32. The summed E-state index contributed by atoms with van der Waals surface area (Å²) in [6.07, 6.45) is 1.45. The summed E-state index contributed by atoms with van der Waals surface area (Å²) in [5.74, 6) is -0.245. The molecule has 0 saturated heterocycles. The number of allylic oxidation sites excluding steroid dienone is 1. The molecule has 0 heterocycles. The van der Waals surface area contributed by atoms with E-state index in [9.17, 15) is 13.2 Å². The van der Waals surface area contributed by atoms with Gasteiger partial charge in [-0.05, 0) is 31.6 Å². The van der Waals surface area contributed by atoms with E-state index in [1.54, 1.807) is 37.3 Å². The van der Waals surface area contributed by atoms with Gasteiger partial charge in [0.2, 0.25) is 0 Å². The van der Waals surface area contributed by atoms with Crippen molar-refractivity contribution in [2.45, 2.75) is 18.7 Å². The summed E-state index contributed by atoms with van der Waals surface area (Å²) in [6, 6.07) is 8.21. The van der Waals surface area contributed by atoms with Crippen molar-refractivity contribution in [2.24, 2.45) is 0 Å². The lowest BCUT2D eigenvalue weighted by Crippen LogP contribution is -2.06. The summed E-state index contributed by atoms with van der Waals surface area (Å²) in [4.78, 5) is 11.2. The minimum Gasteiger partial charge on any atom is -0.295 e. The van der Waals surface area contributed by atoms with Crippen molar-refractivity contribution in [3.05, 3.63) is 42.0 Å². The molecule has 0 spiro atoms. The van der Waals surface area contributed by atoms with Crippen molar-refractivity contribution in [2.75, 3.05) is 5.75 Å². The van der Waals surface area contributed by atoms with Crippen molar-refractivity contribution in [1.29, 1.82) is 0 Å². The van der Waals surface area contributed by atoms with E-state index in [0.717, 1.165) is 0 Å². The first-order chi connectivity index (χ1) is 7.43. The first-order valence-corrected chi connectivity index (χ1v) is 6.54. The molecule has 0 atom stereocenters. The molecule has 1 aromatic rings. The molecule has 0 aliphatic heterocycles. The second-order valence-corrected chi connectivity index (χ2v) is 5.57. The predicted octanol–water partition coefficient (Wildman–Crippen LogP) is 2.00. The number of hydrogen-bond acceptors (Lipinski definition) is 3. The van der Waals surface area contributed by atoms with Crippen LogP contribution in [0.15, 0.2) is 46.9 Å². The summed E-state index contributed by atoms with van der Waals surface area (Å²) in [6.45, 7) is 3.03. The second-order valence-electron chi connectivity index (χ2n) is 3.54. The highest BCUT2D eigenvalue weighted by molar-refractivity contribution is 7.91. The highest BCUT2D eigenvalue weighted by Gasteiger charge is 2.12. The van der Waals surface area contributed by atoms with Crippen LogP contribution in [0.5, 0.6) is 0 Å². The van der Waals surface area contributed by atoms with Gasteiger partial charge in [-0.25, -0.2) is 8.42 Å². The molecule has 3 nitrogen and oxygen atoms in total. The molecule has 86 valence electrons. The third-order valence-electron chi connectivity index (χ3n) is 2.27. The van der Waals surface area contributed by atoms with Crippen LogP contribution in [0.1, 0.15) is 13.8 Å². The Bertz CT molecular complexity index is 498. The maximum Gasteiger partial charge on any atom is 0.181 e. The molecular weight excluding hydrogens is 224 g/mol. The van der Waals surface area contributed by atoms with Gasteiger partial charge in [-0.15, -0.1) is 0 Å². The number of carbonyl (C=O) groups excluding carboxylic acids is 1. The van der Waals surface area contributed by atoms with E-state index in [1.807, 2.05) is 0 Å². The zero-order chi connectivity index (χ0) is 12.2. The minimum absolute atomic E-state index is 0.108. The Kier molecular flexibility index (Phi) is 4.01. The van der Waals surface area contributed by atoms with Crippen molar-refractivity contribution in [3.8, 4) is 0 Å². The average molecular weight is 238 g/mol. The Morgan fingerprint density at radius 2 is 1.75 bits per heavy atom. The molecule has 0 amide bonds. The summed E-state index contributed by atoms with van der Waals surface area (Å²) >= 11 is 0. The van der Waals surface area contributed by atoms with Gasteiger partial charge >= 0.3 is 0 Å². The van der Waals surface area contributed by atoms with Gasteiger partial charge in [0, 0.05) is 0 Å². The molecule has 1 aromatic carbocycles. The van der Waals surface area contributed by atoms with E-state index in [1.165, 1.54) is 13.0 Å². The van der Waals surface area contributed by atoms with Gasteiger partial charge in [-0.3, -0.25) is 4.79 Å². The molecule has 0 radical (unpaired) electrons. The molecule has 0 saturated carbocycles. The first-order valence-electron chi connectivity index (χ1n) is 4.89. The number of hydrogen-bond donors (Lipinski definition) is 0. The van der Waals surface area contributed by atoms with Gasteiger partial charge in [-0.2, -0.15) is 0 Å². The van der Waals surface area contributed by atoms with Crippen molar-refractivity contribution in [1.82, 2.24) is 0 Å². The van der Waals surface area contributed by atoms with E-state index in [2.05, 4.69) is 0 Å². The van der Waals surface area contributed by atoms with Crippen LogP contribution in [0.2, 0.25) is 0 Å². The molecule has 0 fully saturated rings. The van der Waals surface area contributed by atoms with Crippen LogP contribution in [-0.4, -0.2) is 20.0 Å². The maximum atomic E-state index is 11.8. The molecule has 0 aliphatic rings. The normalized spacial score (nSPS) is 12.5. The van der Waals surface area contributed by atoms with Gasteiger partial charge in [-0.1, -0.05) is 24.3 Å². The molecule has 0 unspecified atom stereocenters. The topological polar surface area (TPSA) is 51.2 Å². The predicted molar refractivity (Wildman–Crippen MR) is 62.9 cm³/mol. The number of ketones is 1. The van der Waals surface area contributed by atoms with Crippen molar-refractivity contribution < 1.29 is 13.2 Å². The summed E-state index contributed by atoms with van der Waals surface area (Å²) in [5.41, 5.74) is 0.472. The summed E-state index contributed by atoms with van der Waals surface area (Å²) < 4.78 is 23.6. The smallest absolute Gasteiger partial charge is 0.181 e. The van der Waals surface area contributed by atoms with E-state index in [4.69, 9.17) is 0 Å². The van der Waals surface area contributed by atoms with Gasteiger partial charge in [0.25, 0.3) is 0 Å². The van der Waals surface area contributed by atoms with E-state index in [-0.39, 0.29) is 16.4 Å². The third-order valence-corrected chi connectivity index (χ3v) is 3.86.